The van der Waals surface area contributed by atoms with Gasteiger partial charge in [-0.3, -0.25) is 14.4 Å². The van der Waals surface area contributed by atoms with Crippen molar-refractivity contribution >= 4 is 35.5 Å². The molecule has 0 bridgehead atoms. The summed E-state index contributed by atoms with van der Waals surface area (Å²) in [5, 5.41) is 3.22. The number of benzene rings is 1. The lowest BCUT2D eigenvalue weighted by Gasteiger charge is -2.34. The zero-order valence-corrected chi connectivity index (χ0v) is 15.7. The minimum atomic E-state index is -0.872. The molecular weight excluding hydrogens is 356 g/mol. The number of carbonyl (C=O) groups excluding carboxylic acids is 3. The van der Waals surface area contributed by atoms with Crippen molar-refractivity contribution < 1.29 is 19.1 Å². The maximum Gasteiger partial charge on any atom is 0.308 e. The summed E-state index contributed by atoms with van der Waals surface area (Å²) < 4.78 is 5.23. The van der Waals surface area contributed by atoms with Crippen molar-refractivity contribution in [1.82, 2.24) is 10.2 Å². The predicted octanol–water partition coefficient (Wildman–Crippen LogP) is 2.41. The molecule has 1 aliphatic rings. The van der Waals surface area contributed by atoms with Crippen LogP contribution in [0.1, 0.15) is 32.3 Å². The van der Waals surface area contributed by atoms with E-state index in [0.717, 1.165) is 0 Å². The van der Waals surface area contributed by atoms with Crippen LogP contribution < -0.4 is 5.32 Å². The number of hydrogen-bond acceptors (Lipinski definition) is 4. The van der Waals surface area contributed by atoms with E-state index in [9.17, 15) is 14.4 Å². The fraction of sp³-hybridized carbons (Fsp3) is 0.421. The van der Waals surface area contributed by atoms with Gasteiger partial charge in [0.25, 0.3) is 0 Å². The van der Waals surface area contributed by atoms with Crippen molar-refractivity contribution in [1.29, 1.82) is 0 Å². The van der Waals surface area contributed by atoms with Crippen LogP contribution >= 0.6 is 11.6 Å². The second-order valence-corrected chi connectivity index (χ2v) is 6.51. The topological polar surface area (TPSA) is 75.7 Å². The number of carbonyl (C=O) groups is 3. The molecule has 2 atom stereocenters. The summed E-state index contributed by atoms with van der Waals surface area (Å²) in [5.41, 5.74) is 0.705. The van der Waals surface area contributed by atoms with E-state index >= 15 is 0 Å². The SMILES string of the molecule is CC[C@@H](C)OC(=O)C[C@H]1C(=O)NCCN1C(=O)/C=C/c1ccccc1Cl. The van der Waals surface area contributed by atoms with Crippen molar-refractivity contribution in [3.05, 3.63) is 40.9 Å². The van der Waals surface area contributed by atoms with Crippen molar-refractivity contribution in [2.24, 2.45) is 0 Å². The number of ether oxygens (including phenoxy) is 1. The first-order chi connectivity index (χ1) is 12.4. The van der Waals surface area contributed by atoms with Crippen LogP contribution in [0, 0.1) is 0 Å². The minimum Gasteiger partial charge on any atom is -0.463 e. The van der Waals surface area contributed by atoms with Crippen molar-refractivity contribution in [3.8, 4) is 0 Å². The second-order valence-electron chi connectivity index (χ2n) is 6.11. The molecule has 1 heterocycles. The van der Waals surface area contributed by atoms with E-state index in [0.29, 0.717) is 30.1 Å². The molecule has 0 radical (unpaired) electrons. The Morgan fingerprint density at radius 1 is 1.42 bits per heavy atom. The molecule has 0 aliphatic carbocycles. The fourth-order valence-corrected chi connectivity index (χ4v) is 2.76. The summed E-state index contributed by atoms with van der Waals surface area (Å²) in [5.74, 6) is -1.19. The molecule has 6 nitrogen and oxygen atoms in total. The molecule has 2 rings (SSSR count). The molecule has 140 valence electrons. The van der Waals surface area contributed by atoms with Crippen molar-refractivity contribution in [2.75, 3.05) is 13.1 Å². The van der Waals surface area contributed by atoms with Gasteiger partial charge in [0.05, 0.1) is 12.5 Å². The van der Waals surface area contributed by atoms with Crippen LogP contribution in [0.5, 0.6) is 0 Å². The molecule has 26 heavy (non-hydrogen) atoms. The lowest BCUT2D eigenvalue weighted by molar-refractivity contribution is -0.154. The van der Waals surface area contributed by atoms with E-state index in [1.165, 1.54) is 11.0 Å². The van der Waals surface area contributed by atoms with E-state index in [4.69, 9.17) is 16.3 Å². The zero-order chi connectivity index (χ0) is 19.1. The average Bonchev–Trinajstić information content (AvgIpc) is 2.62. The molecule has 0 saturated carbocycles. The number of nitrogens with zero attached hydrogens (tertiary/aromatic N) is 1. The zero-order valence-electron chi connectivity index (χ0n) is 14.9. The summed E-state index contributed by atoms with van der Waals surface area (Å²) in [6, 6.07) is 6.26. The van der Waals surface area contributed by atoms with Crippen LogP contribution in [0.2, 0.25) is 5.02 Å². The third-order valence-electron chi connectivity index (χ3n) is 4.19. The van der Waals surface area contributed by atoms with E-state index in [1.54, 1.807) is 31.2 Å². The normalized spacial score (nSPS) is 18.5. The minimum absolute atomic E-state index is 0.165. The highest BCUT2D eigenvalue weighted by Crippen LogP contribution is 2.17. The molecule has 1 aromatic carbocycles. The van der Waals surface area contributed by atoms with Crippen LogP contribution in [0.3, 0.4) is 0 Å². The first-order valence-electron chi connectivity index (χ1n) is 8.62. The van der Waals surface area contributed by atoms with Gasteiger partial charge >= 0.3 is 5.97 Å². The molecule has 1 saturated heterocycles. The van der Waals surface area contributed by atoms with Gasteiger partial charge in [-0.25, -0.2) is 0 Å². The van der Waals surface area contributed by atoms with Gasteiger partial charge < -0.3 is 15.0 Å². The largest absolute Gasteiger partial charge is 0.463 e. The van der Waals surface area contributed by atoms with E-state index < -0.39 is 12.0 Å². The number of piperazine rings is 1. The molecule has 7 heteroatoms. The third-order valence-corrected chi connectivity index (χ3v) is 4.54. The molecule has 2 amide bonds. The Bertz CT molecular complexity index is 705. The van der Waals surface area contributed by atoms with Gasteiger partial charge in [-0.1, -0.05) is 36.7 Å². The maximum absolute atomic E-state index is 12.6. The lowest BCUT2D eigenvalue weighted by Crippen LogP contribution is -2.57. The van der Waals surface area contributed by atoms with E-state index in [2.05, 4.69) is 5.32 Å². The second kappa shape index (κ2) is 9.38. The summed E-state index contributed by atoms with van der Waals surface area (Å²) in [6.45, 7) is 4.37. The fourth-order valence-electron chi connectivity index (χ4n) is 2.56. The number of nitrogens with one attached hydrogen (secondary N) is 1. The van der Waals surface area contributed by atoms with Crippen LogP contribution in [-0.2, 0) is 19.1 Å². The number of hydrogen-bond donors (Lipinski definition) is 1. The molecule has 0 aromatic heterocycles. The highest BCUT2D eigenvalue weighted by atomic mass is 35.5. The lowest BCUT2D eigenvalue weighted by atomic mass is 10.1. The highest BCUT2D eigenvalue weighted by molar-refractivity contribution is 6.32. The van der Waals surface area contributed by atoms with Crippen LogP contribution in [0.15, 0.2) is 30.3 Å². The van der Waals surface area contributed by atoms with Gasteiger partial charge in [0.1, 0.15) is 6.04 Å². The van der Waals surface area contributed by atoms with E-state index in [-0.39, 0.29) is 24.3 Å². The average molecular weight is 379 g/mol. The summed E-state index contributed by atoms with van der Waals surface area (Å²) in [6.07, 6.45) is 3.27. The van der Waals surface area contributed by atoms with E-state index in [1.807, 2.05) is 13.0 Å². The molecular formula is C19H23ClN2O4. The molecule has 0 unspecified atom stereocenters. The van der Waals surface area contributed by atoms with Crippen LogP contribution in [0.25, 0.3) is 6.08 Å². The van der Waals surface area contributed by atoms with Crippen LogP contribution in [-0.4, -0.2) is 47.9 Å². The van der Waals surface area contributed by atoms with Crippen LogP contribution in [0.4, 0.5) is 0 Å². The highest BCUT2D eigenvalue weighted by Gasteiger charge is 2.34. The quantitative estimate of drug-likeness (QED) is 0.609. The molecule has 1 aromatic rings. The number of amides is 2. The summed E-state index contributed by atoms with van der Waals surface area (Å²) in [7, 11) is 0. The Balaban J connectivity index is 2.08. The first-order valence-corrected chi connectivity index (χ1v) is 9.00. The predicted molar refractivity (Wildman–Crippen MR) is 99.5 cm³/mol. The smallest absolute Gasteiger partial charge is 0.308 e. The van der Waals surface area contributed by atoms with Crippen molar-refractivity contribution in [3.63, 3.8) is 0 Å². The molecule has 1 aliphatic heterocycles. The maximum atomic E-state index is 12.6. The Hall–Kier alpha value is -2.34. The Kier molecular flexibility index (Phi) is 7.21. The molecule has 0 spiro atoms. The Morgan fingerprint density at radius 2 is 2.15 bits per heavy atom. The standard InChI is InChI=1S/C19H23ClN2O4/c1-3-13(2)26-18(24)12-16-19(25)21-10-11-22(16)17(23)9-8-14-6-4-5-7-15(14)20/h4-9,13,16H,3,10-12H2,1-2H3,(H,21,25)/b9-8+/t13-,16+/m1/s1. The van der Waals surface area contributed by atoms with Gasteiger partial charge in [-0.15, -0.1) is 0 Å². The summed E-state index contributed by atoms with van der Waals surface area (Å²) >= 11 is 6.07. The summed E-state index contributed by atoms with van der Waals surface area (Å²) in [4.78, 5) is 38.2. The molecule has 1 N–H and O–H groups in total. The van der Waals surface area contributed by atoms with Crippen molar-refractivity contribution in [2.45, 2.75) is 38.8 Å². The van der Waals surface area contributed by atoms with Gasteiger partial charge in [0.15, 0.2) is 0 Å². The number of rotatable bonds is 6. The first kappa shape index (κ1) is 20.0. The third kappa shape index (κ3) is 5.33. The van der Waals surface area contributed by atoms with Gasteiger partial charge in [0, 0.05) is 24.2 Å². The Labute approximate surface area is 158 Å². The monoisotopic (exact) mass is 378 g/mol. The van der Waals surface area contributed by atoms with Gasteiger partial charge in [-0.2, -0.15) is 0 Å². The molecule has 1 fully saturated rings. The van der Waals surface area contributed by atoms with Gasteiger partial charge in [-0.05, 0) is 31.1 Å². The Morgan fingerprint density at radius 3 is 2.85 bits per heavy atom. The number of esters is 1. The number of halogens is 1. The van der Waals surface area contributed by atoms with Gasteiger partial charge in [0.2, 0.25) is 11.8 Å².